The van der Waals surface area contributed by atoms with Crippen LogP contribution in [-0.2, 0) is 4.79 Å². The Bertz CT molecular complexity index is 489. The van der Waals surface area contributed by atoms with Crippen molar-refractivity contribution >= 4 is 21.8 Å². The van der Waals surface area contributed by atoms with Crippen LogP contribution in [0.3, 0.4) is 0 Å². The van der Waals surface area contributed by atoms with Crippen LogP contribution in [0.25, 0.3) is 0 Å². The molecule has 1 aromatic rings. The highest BCUT2D eigenvalue weighted by Crippen LogP contribution is 2.34. The number of amides is 1. The van der Waals surface area contributed by atoms with Gasteiger partial charge >= 0.3 is 6.36 Å². The summed E-state index contributed by atoms with van der Waals surface area (Å²) < 4.78 is 45.3. The van der Waals surface area contributed by atoms with Crippen LogP contribution in [-0.4, -0.2) is 17.9 Å². The van der Waals surface area contributed by atoms with Crippen molar-refractivity contribution < 1.29 is 27.4 Å². The molecule has 19 heavy (non-hydrogen) atoms. The second-order valence-electron chi connectivity index (χ2n) is 4.12. The van der Waals surface area contributed by atoms with E-state index in [1.807, 2.05) is 0 Å². The number of alkyl halides is 3. The third kappa shape index (κ3) is 4.62. The fraction of sp³-hybridized carbons (Fsp3) is 0.364. The van der Waals surface area contributed by atoms with Gasteiger partial charge in [0.1, 0.15) is 11.5 Å². The van der Waals surface area contributed by atoms with Crippen LogP contribution in [0.2, 0.25) is 0 Å². The summed E-state index contributed by atoms with van der Waals surface area (Å²) >= 11 is 2.92. The molecule has 0 saturated carbocycles. The monoisotopic (exact) mass is 341 g/mol. The summed E-state index contributed by atoms with van der Waals surface area (Å²) in [5.41, 5.74) is 3.85. The first kappa shape index (κ1) is 15.6. The molecule has 0 aromatic heterocycles. The van der Waals surface area contributed by atoms with Gasteiger partial charge in [-0.3, -0.25) is 4.79 Å². The van der Waals surface area contributed by atoms with Crippen LogP contribution in [0.5, 0.6) is 11.5 Å². The van der Waals surface area contributed by atoms with Gasteiger partial charge in [0, 0.05) is 0 Å². The van der Waals surface area contributed by atoms with Crippen molar-refractivity contribution in [2.45, 2.75) is 25.8 Å². The highest BCUT2D eigenvalue weighted by Gasteiger charge is 2.32. The van der Waals surface area contributed by atoms with E-state index in [1.54, 1.807) is 0 Å². The molecule has 0 aliphatic rings. The molecule has 8 heteroatoms. The van der Waals surface area contributed by atoms with Crippen molar-refractivity contribution in [3.8, 4) is 11.5 Å². The Kier molecular flexibility index (Phi) is 4.34. The van der Waals surface area contributed by atoms with Crippen molar-refractivity contribution in [3.63, 3.8) is 0 Å². The summed E-state index contributed by atoms with van der Waals surface area (Å²) in [7, 11) is 0. The van der Waals surface area contributed by atoms with Crippen LogP contribution in [0.4, 0.5) is 13.2 Å². The quantitative estimate of drug-likeness (QED) is 0.915. The maximum Gasteiger partial charge on any atom is 0.573 e. The highest BCUT2D eigenvalue weighted by atomic mass is 79.9. The lowest BCUT2D eigenvalue weighted by Crippen LogP contribution is -2.43. The van der Waals surface area contributed by atoms with Gasteiger partial charge in [-0.05, 0) is 48.0 Å². The molecule has 106 valence electrons. The first-order chi connectivity index (χ1) is 8.51. The van der Waals surface area contributed by atoms with E-state index in [2.05, 4.69) is 20.7 Å². The maximum absolute atomic E-state index is 12.1. The van der Waals surface area contributed by atoms with Gasteiger partial charge in [-0.25, -0.2) is 0 Å². The average molecular weight is 342 g/mol. The maximum atomic E-state index is 12.1. The molecule has 0 heterocycles. The van der Waals surface area contributed by atoms with Crippen LogP contribution in [0.1, 0.15) is 13.8 Å². The van der Waals surface area contributed by atoms with Crippen LogP contribution < -0.4 is 15.2 Å². The van der Waals surface area contributed by atoms with E-state index < -0.39 is 23.6 Å². The van der Waals surface area contributed by atoms with E-state index in [4.69, 9.17) is 10.5 Å². The van der Waals surface area contributed by atoms with Gasteiger partial charge < -0.3 is 15.2 Å². The van der Waals surface area contributed by atoms with Crippen molar-refractivity contribution in [2.75, 3.05) is 0 Å². The Morgan fingerprint density at radius 3 is 2.26 bits per heavy atom. The van der Waals surface area contributed by atoms with Crippen LogP contribution >= 0.6 is 15.9 Å². The van der Waals surface area contributed by atoms with E-state index in [-0.39, 0.29) is 10.2 Å². The van der Waals surface area contributed by atoms with Crippen molar-refractivity contribution in [1.82, 2.24) is 0 Å². The predicted octanol–water partition coefficient (Wildman–Crippen LogP) is 2.99. The first-order valence-electron chi connectivity index (χ1n) is 5.05. The van der Waals surface area contributed by atoms with Gasteiger partial charge in [0.2, 0.25) is 0 Å². The number of hydrogen-bond acceptors (Lipinski definition) is 3. The SMILES string of the molecule is CC(C)(Oc1ccc(OC(F)(F)F)c(Br)c1)C(N)=O. The molecule has 0 bridgehead atoms. The van der Waals surface area contributed by atoms with Crippen LogP contribution in [0, 0.1) is 0 Å². The third-order valence-corrected chi connectivity index (χ3v) is 2.72. The highest BCUT2D eigenvalue weighted by molar-refractivity contribution is 9.10. The number of nitrogens with two attached hydrogens (primary N) is 1. The predicted molar refractivity (Wildman–Crippen MR) is 64.7 cm³/mol. The van der Waals surface area contributed by atoms with Gasteiger partial charge in [0.05, 0.1) is 4.47 Å². The molecule has 4 nitrogen and oxygen atoms in total. The number of ether oxygens (including phenoxy) is 2. The molecule has 0 atom stereocenters. The van der Waals surface area contributed by atoms with E-state index in [0.717, 1.165) is 6.07 Å². The summed E-state index contributed by atoms with van der Waals surface area (Å²) in [6.45, 7) is 2.90. The Labute approximate surface area is 115 Å². The molecule has 1 aromatic carbocycles. The number of carbonyl (C=O) groups excluding carboxylic acids is 1. The number of halogens is 4. The van der Waals surface area contributed by atoms with Gasteiger partial charge in [0.25, 0.3) is 5.91 Å². The molecule has 0 spiro atoms. The van der Waals surface area contributed by atoms with Crippen molar-refractivity contribution in [1.29, 1.82) is 0 Å². The summed E-state index contributed by atoms with van der Waals surface area (Å²) in [6, 6.07) is 3.58. The molecule has 0 radical (unpaired) electrons. The van der Waals surface area contributed by atoms with Gasteiger partial charge in [-0.1, -0.05) is 0 Å². The third-order valence-electron chi connectivity index (χ3n) is 2.10. The molecule has 1 amide bonds. The largest absolute Gasteiger partial charge is 0.573 e. The lowest BCUT2D eigenvalue weighted by Gasteiger charge is -2.23. The molecular weight excluding hydrogens is 331 g/mol. The zero-order chi connectivity index (χ0) is 14.8. The average Bonchev–Trinajstić information content (AvgIpc) is 2.19. The smallest absolute Gasteiger partial charge is 0.478 e. The summed E-state index contributed by atoms with van der Waals surface area (Å²) in [6.07, 6.45) is -4.78. The van der Waals surface area contributed by atoms with E-state index in [0.29, 0.717) is 0 Å². The number of rotatable bonds is 4. The molecule has 0 unspecified atom stereocenters. The number of hydrogen-bond donors (Lipinski definition) is 1. The minimum Gasteiger partial charge on any atom is -0.478 e. The minimum atomic E-state index is -4.78. The first-order valence-corrected chi connectivity index (χ1v) is 5.85. The van der Waals surface area contributed by atoms with Gasteiger partial charge in [-0.15, -0.1) is 13.2 Å². The molecule has 0 fully saturated rings. The van der Waals surface area contributed by atoms with Gasteiger partial charge in [0.15, 0.2) is 5.60 Å². The van der Waals surface area contributed by atoms with E-state index in [1.165, 1.54) is 26.0 Å². The Morgan fingerprint density at radius 1 is 1.26 bits per heavy atom. The van der Waals surface area contributed by atoms with Crippen molar-refractivity contribution in [3.05, 3.63) is 22.7 Å². The molecule has 0 saturated heterocycles. The zero-order valence-corrected chi connectivity index (χ0v) is 11.6. The second-order valence-corrected chi connectivity index (χ2v) is 4.97. The molecule has 0 aliphatic heterocycles. The van der Waals surface area contributed by atoms with Gasteiger partial charge in [-0.2, -0.15) is 0 Å². The molecule has 0 aliphatic carbocycles. The molecule has 1 rings (SSSR count). The second kappa shape index (κ2) is 5.28. The Balaban J connectivity index is 2.92. The van der Waals surface area contributed by atoms with Crippen LogP contribution in [0.15, 0.2) is 22.7 Å². The summed E-state index contributed by atoms with van der Waals surface area (Å²) in [5.74, 6) is -0.916. The Morgan fingerprint density at radius 2 is 1.84 bits per heavy atom. The van der Waals surface area contributed by atoms with Crippen molar-refractivity contribution in [2.24, 2.45) is 5.73 Å². The Hall–Kier alpha value is -1.44. The lowest BCUT2D eigenvalue weighted by molar-refractivity contribution is -0.274. The minimum absolute atomic E-state index is 0.0441. The standard InChI is InChI=1S/C11H11BrF3NO3/c1-10(2,9(16)17)18-6-3-4-8(7(12)5-6)19-11(13,14)15/h3-5H,1-2H3,(H2,16,17). The lowest BCUT2D eigenvalue weighted by atomic mass is 10.1. The number of benzene rings is 1. The summed E-state index contributed by atoms with van der Waals surface area (Å²) in [4.78, 5) is 11.1. The number of carbonyl (C=O) groups is 1. The van der Waals surface area contributed by atoms with E-state index in [9.17, 15) is 18.0 Å². The fourth-order valence-corrected chi connectivity index (χ4v) is 1.54. The van der Waals surface area contributed by atoms with E-state index >= 15 is 0 Å². The molecular formula is C11H11BrF3NO3. The topological polar surface area (TPSA) is 61.6 Å². The molecule has 2 N–H and O–H groups in total. The zero-order valence-electron chi connectivity index (χ0n) is 10.0. The normalized spacial score (nSPS) is 12.1. The summed E-state index contributed by atoms with van der Waals surface area (Å²) in [5, 5.41) is 0. The number of primary amides is 1. The fourth-order valence-electron chi connectivity index (χ4n) is 1.10.